The number of para-hydroxylation sites is 1. The van der Waals surface area contributed by atoms with Crippen LogP contribution in [-0.2, 0) is 14.4 Å². The number of amides is 3. The molecule has 0 aromatic heterocycles. The lowest BCUT2D eigenvalue weighted by Crippen LogP contribution is -2.51. The maximum Gasteiger partial charge on any atom is 0.250 e. The first-order chi connectivity index (χ1) is 15.4. The number of fused-ring (bicyclic) bond motifs is 1. The lowest BCUT2D eigenvalue weighted by atomic mass is 10.2. The fourth-order valence-electron chi connectivity index (χ4n) is 4.01. The molecule has 0 aliphatic carbocycles. The number of rotatable bonds is 4. The van der Waals surface area contributed by atoms with Crippen LogP contribution in [0, 0.1) is 12.7 Å². The molecule has 3 amide bonds. The zero-order valence-electron chi connectivity index (χ0n) is 18.0. The number of nitrogens with one attached hydrogen (secondary N) is 1. The number of likely N-dealkylation sites (tertiary alicyclic amines) is 1. The Morgan fingerprint density at radius 1 is 1.09 bits per heavy atom. The Morgan fingerprint density at radius 3 is 2.53 bits per heavy atom. The van der Waals surface area contributed by atoms with Gasteiger partial charge in [-0.05, 0) is 49.6 Å². The van der Waals surface area contributed by atoms with Crippen LogP contribution in [0.1, 0.15) is 31.2 Å². The Labute approximate surface area is 191 Å². The predicted molar refractivity (Wildman–Crippen MR) is 123 cm³/mol. The molecule has 1 atom stereocenters. The van der Waals surface area contributed by atoms with Gasteiger partial charge in [0, 0.05) is 23.7 Å². The van der Waals surface area contributed by atoms with Crippen molar-refractivity contribution in [3.05, 3.63) is 53.8 Å². The molecule has 2 aliphatic rings. The second kappa shape index (κ2) is 9.73. The Morgan fingerprint density at radius 2 is 1.81 bits per heavy atom. The van der Waals surface area contributed by atoms with E-state index in [2.05, 4.69) is 5.32 Å². The zero-order chi connectivity index (χ0) is 22.7. The number of carbonyl (C=O) groups excluding carboxylic acids is 3. The molecule has 168 valence electrons. The molecular weight excluding hydrogens is 429 g/mol. The van der Waals surface area contributed by atoms with E-state index in [9.17, 15) is 18.8 Å². The van der Waals surface area contributed by atoms with E-state index in [1.54, 1.807) is 36.1 Å². The number of nitrogens with zero attached hydrogens (tertiary/aromatic N) is 2. The summed E-state index contributed by atoms with van der Waals surface area (Å²) in [5.74, 6) is -1.46. The molecule has 1 saturated heterocycles. The van der Waals surface area contributed by atoms with Crippen molar-refractivity contribution < 1.29 is 18.8 Å². The van der Waals surface area contributed by atoms with Crippen molar-refractivity contribution in [1.82, 2.24) is 4.90 Å². The minimum absolute atomic E-state index is 0.192. The average Bonchev–Trinajstić information content (AvgIpc) is 3.07. The van der Waals surface area contributed by atoms with Gasteiger partial charge in [-0.2, -0.15) is 0 Å². The number of hydrogen-bond donors (Lipinski definition) is 1. The lowest BCUT2D eigenvalue weighted by molar-refractivity contribution is -0.135. The molecule has 4 rings (SSSR count). The summed E-state index contributed by atoms with van der Waals surface area (Å²) < 4.78 is 13.8. The van der Waals surface area contributed by atoms with Gasteiger partial charge < -0.3 is 15.1 Å². The number of anilines is 2. The summed E-state index contributed by atoms with van der Waals surface area (Å²) >= 11 is 1.25. The molecule has 8 heteroatoms. The van der Waals surface area contributed by atoms with Gasteiger partial charge >= 0.3 is 0 Å². The SMILES string of the molecule is Cc1ccc(NC(=O)CN2C(=O)C(C(=O)N3CCCCCC3)Sc3ccccc32)cc1F. The highest BCUT2D eigenvalue weighted by molar-refractivity contribution is 8.01. The summed E-state index contributed by atoms with van der Waals surface area (Å²) in [7, 11) is 0. The Bertz CT molecular complexity index is 1040. The fourth-order valence-corrected chi connectivity index (χ4v) is 5.20. The fraction of sp³-hybridized carbons (Fsp3) is 0.375. The second-order valence-corrected chi connectivity index (χ2v) is 9.29. The molecule has 1 fully saturated rings. The topological polar surface area (TPSA) is 69.7 Å². The van der Waals surface area contributed by atoms with E-state index in [4.69, 9.17) is 0 Å². The van der Waals surface area contributed by atoms with Crippen molar-refractivity contribution in [2.45, 2.75) is 42.8 Å². The number of hydrogen-bond acceptors (Lipinski definition) is 4. The van der Waals surface area contributed by atoms with Gasteiger partial charge in [0.2, 0.25) is 11.8 Å². The maximum absolute atomic E-state index is 13.8. The normalized spacial score (nSPS) is 18.7. The summed E-state index contributed by atoms with van der Waals surface area (Å²) in [6.45, 7) is 2.70. The minimum atomic E-state index is -0.910. The summed E-state index contributed by atoms with van der Waals surface area (Å²) in [6, 6.07) is 11.7. The molecule has 32 heavy (non-hydrogen) atoms. The zero-order valence-corrected chi connectivity index (χ0v) is 18.8. The highest BCUT2D eigenvalue weighted by atomic mass is 32.2. The highest BCUT2D eigenvalue weighted by Gasteiger charge is 2.40. The van der Waals surface area contributed by atoms with Crippen molar-refractivity contribution in [3.8, 4) is 0 Å². The number of aryl methyl sites for hydroxylation is 1. The van der Waals surface area contributed by atoms with Crippen LogP contribution < -0.4 is 10.2 Å². The van der Waals surface area contributed by atoms with E-state index in [1.165, 1.54) is 22.7 Å². The van der Waals surface area contributed by atoms with Crippen LogP contribution in [0.4, 0.5) is 15.8 Å². The van der Waals surface area contributed by atoms with Gasteiger partial charge in [-0.3, -0.25) is 14.4 Å². The summed E-state index contributed by atoms with van der Waals surface area (Å²) in [5.41, 5.74) is 1.41. The van der Waals surface area contributed by atoms with Crippen LogP contribution in [0.2, 0.25) is 0 Å². The highest BCUT2D eigenvalue weighted by Crippen LogP contribution is 2.39. The molecule has 1 unspecified atom stereocenters. The molecule has 0 spiro atoms. The van der Waals surface area contributed by atoms with Gasteiger partial charge in [0.1, 0.15) is 12.4 Å². The van der Waals surface area contributed by atoms with Crippen molar-refractivity contribution in [1.29, 1.82) is 0 Å². The van der Waals surface area contributed by atoms with E-state index in [0.717, 1.165) is 30.6 Å². The van der Waals surface area contributed by atoms with Crippen molar-refractivity contribution in [2.24, 2.45) is 0 Å². The van der Waals surface area contributed by atoms with Crippen LogP contribution >= 0.6 is 11.8 Å². The standard InChI is InChI=1S/C24H26FN3O3S/c1-16-10-11-17(14-18(16)25)26-21(29)15-28-19-8-4-5-9-20(19)32-22(24(28)31)23(30)27-12-6-2-3-7-13-27/h4-5,8-11,14,22H,2-3,6-7,12-13,15H2,1H3,(H,26,29). The molecule has 2 aromatic carbocycles. The summed E-state index contributed by atoms with van der Waals surface area (Å²) in [4.78, 5) is 43.3. The number of halogens is 1. The lowest BCUT2D eigenvalue weighted by Gasteiger charge is -2.34. The Balaban J connectivity index is 1.54. The van der Waals surface area contributed by atoms with Crippen LogP contribution in [0.15, 0.2) is 47.4 Å². The summed E-state index contributed by atoms with van der Waals surface area (Å²) in [5, 5.41) is 1.74. The van der Waals surface area contributed by atoms with E-state index in [1.807, 2.05) is 12.1 Å². The van der Waals surface area contributed by atoms with Crippen molar-refractivity contribution >= 4 is 40.9 Å². The van der Waals surface area contributed by atoms with E-state index in [0.29, 0.717) is 30.0 Å². The first kappa shape index (κ1) is 22.3. The van der Waals surface area contributed by atoms with Gasteiger partial charge in [-0.25, -0.2) is 4.39 Å². The van der Waals surface area contributed by atoms with Gasteiger partial charge in [0.15, 0.2) is 5.25 Å². The molecule has 0 bridgehead atoms. The van der Waals surface area contributed by atoms with E-state index < -0.39 is 22.9 Å². The smallest absolute Gasteiger partial charge is 0.250 e. The van der Waals surface area contributed by atoms with Crippen molar-refractivity contribution in [2.75, 3.05) is 29.9 Å². The molecule has 2 heterocycles. The van der Waals surface area contributed by atoms with Crippen LogP contribution in [0.3, 0.4) is 0 Å². The Kier molecular flexibility index (Phi) is 6.79. The molecular formula is C24H26FN3O3S. The average molecular weight is 456 g/mol. The number of carbonyl (C=O) groups is 3. The Hall–Kier alpha value is -2.87. The maximum atomic E-state index is 13.8. The largest absolute Gasteiger partial charge is 0.341 e. The first-order valence-electron chi connectivity index (χ1n) is 10.9. The molecule has 1 N–H and O–H groups in total. The summed E-state index contributed by atoms with van der Waals surface area (Å²) in [6.07, 6.45) is 4.05. The minimum Gasteiger partial charge on any atom is -0.341 e. The predicted octanol–water partition coefficient (Wildman–Crippen LogP) is 3.98. The third kappa shape index (κ3) is 4.80. The van der Waals surface area contributed by atoms with Gasteiger partial charge in [0.25, 0.3) is 5.91 Å². The second-order valence-electron chi connectivity index (χ2n) is 8.14. The van der Waals surface area contributed by atoms with Crippen LogP contribution in [0.25, 0.3) is 0 Å². The van der Waals surface area contributed by atoms with Crippen molar-refractivity contribution in [3.63, 3.8) is 0 Å². The molecule has 0 saturated carbocycles. The van der Waals surface area contributed by atoms with Crippen LogP contribution in [-0.4, -0.2) is 47.5 Å². The molecule has 2 aromatic rings. The van der Waals surface area contributed by atoms with Gasteiger partial charge in [-0.15, -0.1) is 11.8 Å². The first-order valence-corrected chi connectivity index (χ1v) is 11.7. The monoisotopic (exact) mass is 455 g/mol. The van der Waals surface area contributed by atoms with Crippen LogP contribution in [0.5, 0.6) is 0 Å². The number of thioether (sulfide) groups is 1. The third-order valence-electron chi connectivity index (χ3n) is 5.79. The molecule has 0 radical (unpaired) electrons. The third-order valence-corrected chi connectivity index (χ3v) is 7.03. The van der Waals surface area contributed by atoms with Gasteiger partial charge in [0.05, 0.1) is 5.69 Å². The van der Waals surface area contributed by atoms with Gasteiger partial charge in [-0.1, -0.05) is 31.0 Å². The van der Waals surface area contributed by atoms with E-state index in [-0.39, 0.29) is 12.5 Å². The molecule has 2 aliphatic heterocycles. The van der Waals surface area contributed by atoms with E-state index >= 15 is 0 Å². The molecule has 6 nitrogen and oxygen atoms in total. The quantitative estimate of drug-likeness (QED) is 0.708. The number of benzene rings is 2.